The van der Waals surface area contributed by atoms with Crippen LogP contribution in [0.5, 0.6) is 5.75 Å². The Morgan fingerprint density at radius 1 is 0.940 bits per heavy atom. The second-order valence-corrected chi connectivity index (χ2v) is 13.1. The summed E-state index contributed by atoms with van der Waals surface area (Å²) in [6.07, 6.45) is 9.15. The minimum atomic E-state index is -0.882. The van der Waals surface area contributed by atoms with Gasteiger partial charge in [0, 0.05) is 25.6 Å². The fraction of sp³-hybridized carbons (Fsp3) is 0.553. The van der Waals surface area contributed by atoms with Crippen molar-refractivity contribution >= 4 is 35.3 Å². The van der Waals surface area contributed by atoms with E-state index in [4.69, 9.17) is 19.9 Å². The molecule has 0 saturated heterocycles. The number of hydrogen-bond donors (Lipinski definition) is 3. The van der Waals surface area contributed by atoms with Crippen LogP contribution in [-0.2, 0) is 41.5 Å². The average molecular weight is 693 g/mol. The summed E-state index contributed by atoms with van der Waals surface area (Å²) in [4.78, 5) is 65.0. The first-order valence-electron chi connectivity index (χ1n) is 17.9. The first-order valence-corrected chi connectivity index (χ1v) is 17.9. The van der Waals surface area contributed by atoms with Gasteiger partial charge in [0.25, 0.3) is 11.8 Å². The SMILES string of the molecule is CCOCC(=O)N(CC(=O)OCC)c1ccc(C[C@H](NC(C)=O)C(=O)N[C@H]2CCCCc3cc(C(N)=O)c(OCC4CCCCC4)cc32)cc1. The number of carbonyl (C=O) groups excluding carboxylic acids is 5. The van der Waals surface area contributed by atoms with Crippen molar-refractivity contribution in [1.82, 2.24) is 10.6 Å². The van der Waals surface area contributed by atoms with Gasteiger partial charge in [0.15, 0.2) is 0 Å². The van der Waals surface area contributed by atoms with E-state index in [1.54, 1.807) is 38.1 Å². The molecule has 1 saturated carbocycles. The molecule has 0 radical (unpaired) electrons. The third kappa shape index (κ3) is 11.0. The van der Waals surface area contributed by atoms with Gasteiger partial charge in [-0.05, 0) is 92.8 Å². The van der Waals surface area contributed by atoms with Gasteiger partial charge < -0.3 is 30.6 Å². The highest BCUT2D eigenvalue weighted by molar-refractivity contribution is 5.98. The number of rotatable bonds is 16. The second kappa shape index (κ2) is 19.1. The summed E-state index contributed by atoms with van der Waals surface area (Å²) in [6, 6.07) is 9.34. The van der Waals surface area contributed by atoms with Crippen LogP contribution in [-0.4, -0.2) is 68.6 Å². The zero-order chi connectivity index (χ0) is 36.0. The fourth-order valence-electron chi connectivity index (χ4n) is 6.73. The summed E-state index contributed by atoms with van der Waals surface area (Å²) in [5.74, 6) is -1.30. The number of primary amides is 1. The summed E-state index contributed by atoms with van der Waals surface area (Å²) in [5, 5.41) is 5.97. The van der Waals surface area contributed by atoms with Crippen LogP contribution in [0.1, 0.15) is 105 Å². The van der Waals surface area contributed by atoms with Crippen molar-refractivity contribution in [3.8, 4) is 5.75 Å². The molecule has 0 spiro atoms. The Bertz CT molecular complexity index is 1490. The predicted molar refractivity (Wildman–Crippen MR) is 189 cm³/mol. The number of nitrogens with one attached hydrogen (secondary N) is 2. The Hall–Kier alpha value is -4.45. The largest absolute Gasteiger partial charge is 0.492 e. The van der Waals surface area contributed by atoms with Crippen molar-refractivity contribution in [2.45, 2.75) is 97.1 Å². The maximum atomic E-state index is 13.9. The molecule has 0 unspecified atom stereocenters. The van der Waals surface area contributed by atoms with Crippen molar-refractivity contribution in [3.63, 3.8) is 0 Å². The van der Waals surface area contributed by atoms with E-state index in [2.05, 4.69) is 10.6 Å². The lowest BCUT2D eigenvalue weighted by atomic mass is 9.90. The normalized spacial score (nSPS) is 16.7. The molecular formula is C38H52N4O8. The van der Waals surface area contributed by atoms with Gasteiger partial charge in [-0.15, -0.1) is 0 Å². The Morgan fingerprint density at radius 2 is 1.66 bits per heavy atom. The molecule has 2 aliphatic carbocycles. The quantitative estimate of drug-likeness (QED) is 0.173. The molecule has 2 aliphatic rings. The third-order valence-corrected chi connectivity index (χ3v) is 9.29. The Morgan fingerprint density at radius 3 is 2.32 bits per heavy atom. The van der Waals surface area contributed by atoms with Gasteiger partial charge in [0.1, 0.15) is 24.9 Å². The molecule has 1 fully saturated rings. The Labute approximate surface area is 294 Å². The number of carbonyl (C=O) groups is 5. The molecule has 0 aromatic heterocycles. The van der Waals surface area contributed by atoms with Crippen LogP contribution in [0.3, 0.4) is 0 Å². The van der Waals surface area contributed by atoms with Gasteiger partial charge >= 0.3 is 5.97 Å². The van der Waals surface area contributed by atoms with Gasteiger partial charge in [0.2, 0.25) is 11.8 Å². The summed E-state index contributed by atoms with van der Waals surface area (Å²) >= 11 is 0. The molecule has 50 heavy (non-hydrogen) atoms. The van der Waals surface area contributed by atoms with E-state index in [1.807, 2.05) is 12.1 Å². The van der Waals surface area contributed by atoms with Gasteiger partial charge in [-0.2, -0.15) is 0 Å². The molecule has 2 atom stereocenters. The molecule has 12 nitrogen and oxygen atoms in total. The number of amides is 4. The number of nitrogens with zero attached hydrogens (tertiary/aromatic N) is 1. The second-order valence-electron chi connectivity index (χ2n) is 13.1. The highest BCUT2D eigenvalue weighted by Gasteiger charge is 2.28. The zero-order valence-electron chi connectivity index (χ0n) is 29.6. The van der Waals surface area contributed by atoms with Crippen LogP contribution < -0.4 is 26.0 Å². The number of anilines is 1. The predicted octanol–water partition coefficient (Wildman–Crippen LogP) is 4.31. The van der Waals surface area contributed by atoms with Gasteiger partial charge in [-0.3, -0.25) is 28.9 Å². The first-order chi connectivity index (χ1) is 24.1. The van der Waals surface area contributed by atoms with Crippen LogP contribution in [0, 0.1) is 5.92 Å². The number of aryl methyl sites for hydroxylation is 1. The molecule has 4 N–H and O–H groups in total. The fourth-order valence-corrected chi connectivity index (χ4v) is 6.73. The zero-order valence-corrected chi connectivity index (χ0v) is 29.6. The van der Waals surface area contributed by atoms with Crippen LogP contribution in [0.15, 0.2) is 36.4 Å². The Kier molecular flexibility index (Phi) is 14.6. The number of fused-ring (bicyclic) bond motifs is 1. The van der Waals surface area contributed by atoms with Crippen molar-refractivity contribution in [3.05, 3.63) is 58.7 Å². The van der Waals surface area contributed by atoms with Crippen molar-refractivity contribution < 1.29 is 38.2 Å². The lowest BCUT2D eigenvalue weighted by Gasteiger charge is -2.26. The molecule has 4 amide bonds. The number of hydrogen-bond acceptors (Lipinski definition) is 8. The molecule has 4 rings (SSSR count). The Balaban J connectivity index is 1.52. The van der Waals surface area contributed by atoms with E-state index in [1.165, 1.54) is 31.1 Å². The van der Waals surface area contributed by atoms with E-state index in [-0.39, 0.29) is 44.0 Å². The van der Waals surface area contributed by atoms with Crippen LogP contribution in [0.25, 0.3) is 0 Å². The van der Waals surface area contributed by atoms with E-state index in [0.29, 0.717) is 42.6 Å². The molecule has 12 heteroatoms. The molecule has 2 aromatic carbocycles. The van der Waals surface area contributed by atoms with Crippen LogP contribution >= 0.6 is 0 Å². The summed E-state index contributed by atoms with van der Waals surface area (Å²) in [6.45, 7) is 5.42. The highest BCUT2D eigenvalue weighted by Crippen LogP contribution is 2.35. The topological polar surface area (TPSA) is 166 Å². The molecule has 2 aromatic rings. The maximum Gasteiger partial charge on any atom is 0.326 e. The van der Waals surface area contributed by atoms with Crippen molar-refractivity contribution in [2.24, 2.45) is 11.7 Å². The number of nitrogens with two attached hydrogens (primary N) is 1. The van der Waals surface area contributed by atoms with Gasteiger partial charge in [0.05, 0.1) is 24.8 Å². The highest BCUT2D eigenvalue weighted by atomic mass is 16.5. The minimum absolute atomic E-state index is 0.187. The lowest BCUT2D eigenvalue weighted by Crippen LogP contribution is -2.48. The van der Waals surface area contributed by atoms with Crippen LogP contribution in [0.4, 0.5) is 5.69 Å². The minimum Gasteiger partial charge on any atom is -0.492 e. The van der Waals surface area contributed by atoms with E-state index >= 15 is 0 Å². The molecule has 0 bridgehead atoms. The molecular weight excluding hydrogens is 640 g/mol. The average Bonchev–Trinajstić information content (AvgIpc) is 3.30. The lowest BCUT2D eigenvalue weighted by molar-refractivity contribution is -0.142. The van der Waals surface area contributed by atoms with Gasteiger partial charge in [-0.1, -0.05) is 37.8 Å². The first kappa shape index (κ1) is 38.4. The monoisotopic (exact) mass is 692 g/mol. The van der Waals surface area contributed by atoms with E-state index < -0.39 is 23.8 Å². The summed E-state index contributed by atoms with van der Waals surface area (Å²) in [7, 11) is 0. The van der Waals surface area contributed by atoms with Crippen molar-refractivity contribution in [2.75, 3.05) is 37.9 Å². The standard InChI is InChI=1S/C38H52N4O8/c1-4-48-24-35(44)42(22-36(45)49-5-2)29-17-15-26(16-18-29)19-33(40-25(3)43)38(47)41-32-14-10-9-13-28-20-31(37(39)46)34(21-30(28)32)50-23-27-11-7-6-8-12-27/h15-18,20-21,27,32-33H,4-14,19,22-24H2,1-3H3,(H2,39,46)(H,40,43)(H,41,47)/t32-,33-/m0/s1. The van der Waals surface area contributed by atoms with Crippen LogP contribution in [0.2, 0.25) is 0 Å². The molecule has 0 heterocycles. The number of benzene rings is 2. The van der Waals surface area contributed by atoms with E-state index in [0.717, 1.165) is 48.8 Å². The van der Waals surface area contributed by atoms with Crippen molar-refractivity contribution in [1.29, 1.82) is 0 Å². The summed E-state index contributed by atoms with van der Waals surface area (Å²) in [5.41, 5.74) is 9.19. The molecule has 272 valence electrons. The summed E-state index contributed by atoms with van der Waals surface area (Å²) < 4.78 is 16.6. The van der Waals surface area contributed by atoms with E-state index in [9.17, 15) is 24.0 Å². The molecule has 0 aliphatic heterocycles. The maximum absolute atomic E-state index is 13.9. The third-order valence-electron chi connectivity index (χ3n) is 9.29. The number of esters is 1. The van der Waals surface area contributed by atoms with Gasteiger partial charge in [-0.25, -0.2) is 0 Å². The number of ether oxygens (including phenoxy) is 3. The smallest absolute Gasteiger partial charge is 0.326 e.